The van der Waals surface area contributed by atoms with Crippen LogP contribution < -0.4 is 4.90 Å². The zero-order valence-electron chi connectivity index (χ0n) is 13.0. The van der Waals surface area contributed by atoms with Crippen LogP contribution in [0.1, 0.15) is 5.56 Å². The standard InChI is InChI=1S/C20H12ClNOS2/c21-15-8-10-16(11-9-15)22-19(23)18(25-20(22)24)12-14-6-3-5-13-4-1-2-7-17(13)14/h1-12H/b18-12-. The molecule has 4 rings (SSSR count). The second-order valence-corrected chi connectivity index (χ2v) is 7.67. The minimum absolute atomic E-state index is 0.106. The van der Waals surface area contributed by atoms with Gasteiger partial charge in [-0.3, -0.25) is 9.69 Å². The van der Waals surface area contributed by atoms with E-state index in [9.17, 15) is 4.79 Å². The van der Waals surface area contributed by atoms with Gasteiger partial charge in [-0.15, -0.1) is 0 Å². The molecule has 3 aromatic rings. The van der Waals surface area contributed by atoms with Crippen molar-refractivity contribution in [3.63, 3.8) is 0 Å². The van der Waals surface area contributed by atoms with Crippen LogP contribution in [0.4, 0.5) is 5.69 Å². The Balaban J connectivity index is 1.74. The molecule has 3 aromatic carbocycles. The minimum atomic E-state index is -0.106. The lowest BCUT2D eigenvalue weighted by molar-refractivity contribution is -0.113. The molecule has 0 N–H and O–H groups in total. The molecular formula is C20H12ClNOS2. The first kappa shape index (κ1) is 16.3. The first-order chi connectivity index (χ1) is 12.1. The number of anilines is 1. The molecule has 1 fully saturated rings. The summed E-state index contributed by atoms with van der Waals surface area (Å²) in [5.74, 6) is -0.106. The maximum atomic E-state index is 12.9. The molecule has 1 aliphatic heterocycles. The van der Waals surface area contributed by atoms with Crippen LogP contribution in [0, 0.1) is 0 Å². The van der Waals surface area contributed by atoms with Crippen molar-refractivity contribution in [2.45, 2.75) is 0 Å². The third-order valence-corrected chi connectivity index (χ3v) is 5.54. The van der Waals surface area contributed by atoms with Gasteiger partial charge in [-0.2, -0.15) is 0 Å². The largest absolute Gasteiger partial charge is 0.270 e. The van der Waals surface area contributed by atoms with Crippen LogP contribution in [0.5, 0.6) is 0 Å². The van der Waals surface area contributed by atoms with Gasteiger partial charge in [0.2, 0.25) is 0 Å². The summed E-state index contributed by atoms with van der Waals surface area (Å²) in [4.78, 5) is 15.0. The van der Waals surface area contributed by atoms with Crippen molar-refractivity contribution in [2.75, 3.05) is 4.90 Å². The van der Waals surface area contributed by atoms with Crippen LogP contribution in [-0.2, 0) is 4.79 Å². The number of hydrogen-bond donors (Lipinski definition) is 0. The van der Waals surface area contributed by atoms with Gasteiger partial charge in [-0.1, -0.05) is 78.0 Å². The number of hydrogen-bond acceptors (Lipinski definition) is 3. The number of nitrogens with zero attached hydrogens (tertiary/aromatic N) is 1. The molecule has 1 saturated heterocycles. The molecule has 5 heteroatoms. The summed E-state index contributed by atoms with van der Waals surface area (Å²) in [6.45, 7) is 0. The summed E-state index contributed by atoms with van der Waals surface area (Å²) in [7, 11) is 0. The maximum absolute atomic E-state index is 12.9. The Hall–Kier alpha value is -2.14. The van der Waals surface area contributed by atoms with E-state index in [1.54, 1.807) is 29.2 Å². The van der Waals surface area contributed by atoms with Gasteiger partial charge in [-0.05, 0) is 46.7 Å². The third kappa shape index (κ3) is 3.09. The van der Waals surface area contributed by atoms with Crippen molar-refractivity contribution in [1.82, 2.24) is 0 Å². The molecule has 0 bridgehead atoms. The van der Waals surface area contributed by atoms with Crippen molar-refractivity contribution >= 4 is 68.3 Å². The Bertz CT molecular complexity index is 1020. The topological polar surface area (TPSA) is 20.3 Å². The van der Waals surface area contributed by atoms with Gasteiger partial charge in [0.25, 0.3) is 5.91 Å². The highest BCUT2D eigenvalue weighted by Gasteiger charge is 2.33. The molecule has 25 heavy (non-hydrogen) atoms. The Labute approximate surface area is 160 Å². The number of carbonyl (C=O) groups is 1. The predicted molar refractivity (Wildman–Crippen MR) is 111 cm³/mol. The van der Waals surface area contributed by atoms with E-state index in [2.05, 4.69) is 18.2 Å². The molecule has 0 radical (unpaired) electrons. The average molecular weight is 382 g/mol. The number of fused-ring (bicyclic) bond motifs is 1. The summed E-state index contributed by atoms with van der Waals surface area (Å²) in [6, 6.07) is 21.3. The highest BCUT2D eigenvalue weighted by atomic mass is 35.5. The number of halogens is 1. The molecule has 2 nitrogen and oxygen atoms in total. The number of carbonyl (C=O) groups excluding carboxylic acids is 1. The fraction of sp³-hybridized carbons (Fsp3) is 0. The monoisotopic (exact) mass is 381 g/mol. The zero-order chi connectivity index (χ0) is 17.4. The van der Waals surface area contributed by atoms with Gasteiger partial charge < -0.3 is 0 Å². The lowest BCUT2D eigenvalue weighted by Crippen LogP contribution is -2.27. The van der Waals surface area contributed by atoms with Crippen LogP contribution in [0.25, 0.3) is 16.8 Å². The summed E-state index contributed by atoms with van der Waals surface area (Å²) in [6.07, 6.45) is 1.91. The van der Waals surface area contributed by atoms with Gasteiger partial charge in [0.05, 0.1) is 10.6 Å². The van der Waals surface area contributed by atoms with Gasteiger partial charge in [0.1, 0.15) is 0 Å². The molecule has 0 aliphatic carbocycles. The van der Waals surface area contributed by atoms with Gasteiger partial charge >= 0.3 is 0 Å². The third-order valence-electron chi connectivity index (χ3n) is 3.99. The molecule has 1 amide bonds. The summed E-state index contributed by atoms with van der Waals surface area (Å²) in [5, 5.41) is 2.88. The Kier molecular flexibility index (Phi) is 4.34. The van der Waals surface area contributed by atoms with Gasteiger partial charge in [0, 0.05) is 5.02 Å². The Morgan fingerprint density at radius 3 is 2.48 bits per heavy atom. The minimum Gasteiger partial charge on any atom is -0.268 e. The first-order valence-electron chi connectivity index (χ1n) is 7.65. The van der Waals surface area contributed by atoms with E-state index in [0.29, 0.717) is 14.2 Å². The van der Waals surface area contributed by atoms with E-state index >= 15 is 0 Å². The number of rotatable bonds is 2. The fourth-order valence-corrected chi connectivity index (χ4v) is 4.21. The number of benzene rings is 3. The van der Waals surface area contributed by atoms with Crippen LogP contribution >= 0.6 is 35.6 Å². The molecule has 0 atom stereocenters. The van der Waals surface area contributed by atoms with Gasteiger partial charge in [0.15, 0.2) is 4.32 Å². The normalized spacial score (nSPS) is 16.2. The quantitative estimate of drug-likeness (QED) is 0.407. The highest BCUT2D eigenvalue weighted by molar-refractivity contribution is 8.27. The van der Waals surface area contributed by atoms with E-state index in [-0.39, 0.29) is 5.91 Å². The SMILES string of the molecule is O=C1/C(=C/c2cccc3ccccc23)SC(=S)N1c1ccc(Cl)cc1. The summed E-state index contributed by atoms with van der Waals surface area (Å²) in [5.41, 5.74) is 1.74. The Morgan fingerprint density at radius 2 is 1.68 bits per heavy atom. The van der Waals surface area contributed by atoms with E-state index in [1.807, 2.05) is 30.3 Å². The number of thiocarbonyl (C=S) groups is 1. The van der Waals surface area contributed by atoms with Crippen LogP contribution in [0.2, 0.25) is 5.02 Å². The van der Waals surface area contributed by atoms with Crippen LogP contribution in [-0.4, -0.2) is 10.2 Å². The molecule has 1 aliphatic rings. The van der Waals surface area contributed by atoms with Crippen molar-refractivity contribution < 1.29 is 4.79 Å². The molecule has 0 saturated carbocycles. The first-order valence-corrected chi connectivity index (χ1v) is 9.25. The molecule has 122 valence electrons. The second-order valence-electron chi connectivity index (χ2n) is 5.56. The van der Waals surface area contributed by atoms with Crippen molar-refractivity contribution in [1.29, 1.82) is 0 Å². The highest BCUT2D eigenvalue weighted by Crippen LogP contribution is 2.37. The van der Waals surface area contributed by atoms with Crippen molar-refractivity contribution in [2.24, 2.45) is 0 Å². The van der Waals surface area contributed by atoms with Gasteiger partial charge in [-0.25, -0.2) is 0 Å². The number of amides is 1. The lowest BCUT2D eigenvalue weighted by atomic mass is 10.0. The maximum Gasteiger partial charge on any atom is 0.270 e. The van der Waals surface area contributed by atoms with Crippen LogP contribution in [0.15, 0.2) is 71.6 Å². The Morgan fingerprint density at radius 1 is 0.960 bits per heavy atom. The van der Waals surface area contributed by atoms with E-state index in [4.69, 9.17) is 23.8 Å². The van der Waals surface area contributed by atoms with E-state index in [0.717, 1.165) is 22.0 Å². The molecule has 0 unspecified atom stereocenters. The molecule has 1 heterocycles. The molecule has 0 aromatic heterocycles. The average Bonchev–Trinajstić information content (AvgIpc) is 2.90. The summed E-state index contributed by atoms with van der Waals surface area (Å²) < 4.78 is 0.527. The predicted octanol–water partition coefficient (Wildman–Crippen LogP) is 5.90. The van der Waals surface area contributed by atoms with E-state index in [1.165, 1.54) is 11.8 Å². The van der Waals surface area contributed by atoms with Crippen LogP contribution in [0.3, 0.4) is 0 Å². The van der Waals surface area contributed by atoms with Crippen molar-refractivity contribution in [3.8, 4) is 0 Å². The molecule has 0 spiro atoms. The second kappa shape index (κ2) is 6.64. The van der Waals surface area contributed by atoms with Crippen molar-refractivity contribution in [3.05, 3.63) is 82.2 Å². The van der Waals surface area contributed by atoms with E-state index < -0.39 is 0 Å². The molecular weight excluding hydrogens is 370 g/mol. The number of thioether (sulfide) groups is 1. The smallest absolute Gasteiger partial charge is 0.268 e. The zero-order valence-corrected chi connectivity index (χ0v) is 15.4. The lowest BCUT2D eigenvalue weighted by Gasteiger charge is -2.14. The summed E-state index contributed by atoms with van der Waals surface area (Å²) >= 11 is 12.7. The fourth-order valence-electron chi connectivity index (χ4n) is 2.80.